The maximum Gasteiger partial charge on any atom is 0.285 e. The van der Waals surface area contributed by atoms with Crippen LogP contribution in [0.3, 0.4) is 0 Å². The fraction of sp³-hybridized carbons (Fsp3) is 0.222. The average Bonchev–Trinajstić information content (AvgIpc) is 2.63. The van der Waals surface area contributed by atoms with E-state index in [9.17, 15) is 9.59 Å². The Balaban J connectivity index is 2.14. The first-order valence-electron chi connectivity index (χ1n) is 7.57. The van der Waals surface area contributed by atoms with Crippen molar-refractivity contribution in [1.82, 2.24) is 4.90 Å². The molecule has 6 nitrogen and oxygen atoms in total. The normalized spacial score (nSPS) is 10.2. The molecule has 0 aliphatic carbocycles. The molecule has 1 N–H and O–H groups in total. The first-order valence-corrected chi connectivity index (χ1v) is 9.18. The van der Waals surface area contributed by atoms with Crippen LogP contribution in [-0.2, 0) is 0 Å². The fourth-order valence-corrected chi connectivity index (χ4v) is 3.21. The summed E-state index contributed by atoms with van der Waals surface area (Å²) in [4.78, 5) is 26.5. The minimum absolute atomic E-state index is 0.0594. The van der Waals surface area contributed by atoms with Crippen molar-refractivity contribution in [2.24, 2.45) is 0 Å². The number of benzene rings is 2. The van der Waals surface area contributed by atoms with Gasteiger partial charge in [-0.3, -0.25) is 9.59 Å². The van der Waals surface area contributed by atoms with E-state index in [1.807, 2.05) is 0 Å². The van der Waals surface area contributed by atoms with Gasteiger partial charge in [-0.1, -0.05) is 0 Å². The topological polar surface area (TPSA) is 67.9 Å². The molecule has 0 saturated carbocycles. The number of nitrogens with one attached hydrogen (secondary N) is 1. The molecule has 0 radical (unpaired) electrons. The van der Waals surface area contributed by atoms with Gasteiger partial charge in [-0.25, -0.2) is 0 Å². The van der Waals surface area contributed by atoms with Crippen molar-refractivity contribution < 1.29 is 19.1 Å². The minimum atomic E-state index is -0.293. The number of rotatable bonds is 5. The van der Waals surface area contributed by atoms with Crippen LogP contribution in [0.2, 0.25) is 0 Å². The maximum absolute atomic E-state index is 12.5. The number of hydrogen-bond acceptors (Lipinski definition) is 5. The largest absolute Gasteiger partial charge is 0.495 e. The van der Waals surface area contributed by atoms with Gasteiger partial charge in [0, 0.05) is 30.2 Å². The monoisotopic (exact) mass is 438 g/mol. The molecule has 2 rings (SSSR count). The molecule has 0 bridgehead atoms. The Kier molecular flexibility index (Phi) is 6.93. The number of thioether (sulfide) groups is 1. The van der Waals surface area contributed by atoms with Gasteiger partial charge in [0.15, 0.2) is 0 Å². The van der Waals surface area contributed by atoms with E-state index in [0.29, 0.717) is 27.2 Å². The van der Waals surface area contributed by atoms with Gasteiger partial charge in [0.1, 0.15) is 16.0 Å². The molecule has 2 amide bonds. The summed E-state index contributed by atoms with van der Waals surface area (Å²) < 4.78 is 11.2. The van der Waals surface area contributed by atoms with Gasteiger partial charge in [-0.15, -0.1) is 0 Å². The first kappa shape index (κ1) is 20.1. The third-order valence-corrected chi connectivity index (χ3v) is 5.22. The predicted molar refractivity (Wildman–Crippen MR) is 107 cm³/mol. The Labute approximate surface area is 165 Å². The van der Waals surface area contributed by atoms with Crippen molar-refractivity contribution >= 4 is 44.5 Å². The quantitative estimate of drug-likeness (QED) is 0.696. The first-order chi connectivity index (χ1) is 12.3. The van der Waals surface area contributed by atoms with Crippen LogP contribution in [0.1, 0.15) is 10.4 Å². The molecule has 0 spiro atoms. The standard InChI is InChI=1S/C18H19BrN2O4S/c1-21(2)18(23)26-13-7-5-12(6-8-13)20-17(22)11-9-14(24-3)16(19)15(10-11)25-4/h5-10H,1-4H3,(H,20,22). The molecule has 0 aromatic heterocycles. The number of anilines is 1. The molecule has 0 atom stereocenters. The van der Waals surface area contributed by atoms with E-state index in [1.54, 1.807) is 50.5 Å². The number of amides is 2. The van der Waals surface area contributed by atoms with Gasteiger partial charge < -0.3 is 19.7 Å². The van der Waals surface area contributed by atoms with Crippen LogP contribution in [0.5, 0.6) is 11.5 Å². The van der Waals surface area contributed by atoms with Gasteiger partial charge in [0.25, 0.3) is 11.1 Å². The van der Waals surface area contributed by atoms with Crippen molar-refractivity contribution in [2.45, 2.75) is 4.90 Å². The zero-order chi connectivity index (χ0) is 19.3. The van der Waals surface area contributed by atoms with E-state index >= 15 is 0 Å². The zero-order valence-electron chi connectivity index (χ0n) is 14.8. The summed E-state index contributed by atoms with van der Waals surface area (Å²) in [5.74, 6) is 0.714. The molecular weight excluding hydrogens is 420 g/mol. The zero-order valence-corrected chi connectivity index (χ0v) is 17.2. The Morgan fingerprint density at radius 1 is 1.04 bits per heavy atom. The van der Waals surface area contributed by atoms with E-state index in [4.69, 9.17) is 9.47 Å². The second-order valence-electron chi connectivity index (χ2n) is 5.44. The van der Waals surface area contributed by atoms with Crippen molar-refractivity contribution in [3.63, 3.8) is 0 Å². The maximum atomic E-state index is 12.5. The fourth-order valence-electron chi connectivity index (χ4n) is 2.00. The van der Waals surface area contributed by atoms with Gasteiger partial charge in [-0.2, -0.15) is 0 Å². The molecule has 0 aliphatic heterocycles. The second kappa shape index (κ2) is 8.95. The van der Waals surface area contributed by atoms with E-state index in [0.717, 1.165) is 16.7 Å². The molecule has 0 saturated heterocycles. The summed E-state index contributed by atoms with van der Waals surface area (Å²) in [5.41, 5.74) is 1.03. The van der Waals surface area contributed by atoms with Crippen molar-refractivity contribution in [1.29, 1.82) is 0 Å². The molecule has 2 aromatic rings. The SMILES string of the molecule is COc1cc(C(=O)Nc2ccc(SC(=O)N(C)C)cc2)cc(OC)c1Br. The highest BCUT2D eigenvalue weighted by atomic mass is 79.9. The third-order valence-electron chi connectivity index (χ3n) is 3.39. The number of hydrogen-bond donors (Lipinski definition) is 1. The summed E-state index contributed by atoms with van der Waals surface area (Å²) >= 11 is 4.50. The van der Waals surface area contributed by atoms with Crippen LogP contribution >= 0.6 is 27.7 Å². The number of carbonyl (C=O) groups is 2. The third kappa shape index (κ3) is 4.92. The minimum Gasteiger partial charge on any atom is -0.495 e. The molecule has 138 valence electrons. The lowest BCUT2D eigenvalue weighted by molar-refractivity contribution is 0.102. The second-order valence-corrected chi connectivity index (χ2v) is 7.25. The molecule has 26 heavy (non-hydrogen) atoms. The number of carbonyl (C=O) groups excluding carboxylic acids is 2. The van der Waals surface area contributed by atoms with Crippen LogP contribution in [0.15, 0.2) is 45.8 Å². The molecular formula is C18H19BrN2O4S. The molecule has 0 fully saturated rings. The van der Waals surface area contributed by atoms with Crippen molar-refractivity contribution in [3.05, 3.63) is 46.4 Å². The summed E-state index contributed by atoms with van der Waals surface area (Å²) in [6.07, 6.45) is 0. The molecule has 0 aliphatic rings. The Morgan fingerprint density at radius 2 is 1.58 bits per heavy atom. The van der Waals surface area contributed by atoms with Gasteiger partial charge >= 0.3 is 0 Å². The lowest BCUT2D eigenvalue weighted by Crippen LogP contribution is -2.16. The van der Waals surface area contributed by atoms with Crippen LogP contribution < -0.4 is 14.8 Å². The van der Waals surface area contributed by atoms with E-state index < -0.39 is 0 Å². The molecule has 8 heteroatoms. The molecule has 2 aromatic carbocycles. The van der Waals surface area contributed by atoms with Crippen LogP contribution in [0.25, 0.3) is 0 Å². The van der Waals surface area contributed by atoms with Crippen molar-refractivity contribution in [2.75, 3.05) is 33.6 Å². The van der Waals surface area contributed by atoms with Gasteiger partial charge in [-0.05, 0) is 64.1 Å². The highest BCUT2D eigenvalue weighted by Crippen LogP contribution is 2.35. The summed E-state index contributed by atoms with van der Waals surface area (Å²) in [6, 6.07) is 10.3. The van der Waals surface area contributed by atoms with Crippen molar-refractivity contribution in [3.8, 4) is 11.5 Å². The van der Waals surface area contributed by atoms with E-state index in [-0.39, 0.29) is 11.1 Å². The average molecular weight is 439 g/mol. The van der Waals surface area contributed by atoms with Crippen LogP contribution in [-0.4, -0.2) is 44.4 Å². The number of nitrogens with zero attached hydrogens (tertiary/aromatic N) is 1. The summed E-state index contributed by atoms with van der Waals surface area (Å²) in [6.45, 7) is 0. The Bertz CT molecular complexity index is 784. The number of halogens is 1. The van der Waals surface area contributed by atoms with E-state index in [1.165, 1.54) is 19.1 Å². The smallest absolute Gasteiger partial charge is 0.285 e. The van der Waals surface area contributed by atoms with E-state index in [2.05, 4.69) is 21.2 Å². The number of methoxy groups -OCH3 is 2. The van der Waals surface area contributed by atoms with Gasteiger partial charge in [0.05, 0.1) is 14.2 Å². The van der Waals surface area contributed by atoms with Gasteiger partial charge in [0.2, 0.25) is 0 Å². The van der Waals surface area contributed by atoms with Crippen LogP contribution in [0.4, 0.5) is 10.5 Å². The summed E-state index contributed by atoms with van der Waals surface area (Å²) in [7, 11) is 6.44. The highest BCUT2D eigenvalue weighted by Gasteiger charge is 2.15. The summed E-state index contributed by atoms with van der Waals surface area (Å²) in [5, 5.41) is 2.75. The molecule has 0 unspecified atom stereocenters. The Hall–Kier alpha value is -2.19. The lowest BCUT2D eigenvalue weighted by Gasteiger charge is -2.12. The Morgan fingerprint density at radius 3 is 2.04 bits per heavy atom. The highest BCUT2D eigenvalue weighted by molar-refractivity contribution is 9.10. The molecule has 0 heterocycles. The lowest BCUT2D eigenvalue weighted by atomic mass is 10.1. The van der Waals surface area contributed by atoms with Crippen LogP contribution in [0, 0.1) is 0 Å². The number of ether oxygens (including phenoxy) is 2. The predicted octanol–water partition coefficient (Wildman–Crippen LogP) is 4.49.